The summed E-state index contributed by atoms with van der Waals surface area (Å²) in [6, 6.07) is 11.3. The van der Waals surface area contributed by atoms with Crippen molar-refractivity contribution >= 4 is 23.2 Å². The maximum atomic E-state index is 12.1. The summed E-state index contributed by atoms with van der Waals surface area (Å²) in [5.74, 6) is -0.158. The number of hydrogen-bond acceptors (Lipinski definition) is 3. The molecule has 1 aromatic carbocycles. The zero-order valence-corrected chi connectivity index (χ0v) is 13.4. The van der Waals surface area contributed by atoms with Crippen LogP contribution in [-0.4, -0.2) is 24.0 Å². The number of nitrogens with zero attached hydrogens (tertiary/aromatic N) is 1. The van der Waals surface area contributed by atoms with Gasteiger partial charge in [0.15, 0.2) is 0 Å². The zero-order chi connectivity index (χ0) is 15.8. The summed E-state index contributed by atoms with van der Waals surface area (Å²) < 4.78 is 0. The number of amides is 1. The van der Waals surface area contributed by atoms with E-state index in [1.54, 1.807) is 12.3 Å². The maximum Gasteiger partial charge on any atom is 0.269 e. The zero-order valence-electron chi connectivity index (χ0n) is 12.6. The van der Waals surface area contributed by atoms with Crippen LogP contribution < -0.4 is 10.6 Å². The van der Waals surface area contributed by atoms with Crippen LogP contribution in [0.4, 0.5) is 5.69 Å². The minimum absolute atomic E-state index is 0.158. The second-order valence-corrected chi connectivity index (χ2v) is 5.43. The van der Waals surface area contributed by atoms with Gasteiger partial charge in [-0.1, -0.05) is 30.7 Å². The summed E-state index contributed by atoms with van der Waals surface area (Å²) >= 11 is 5.84. The Morgan fingerprint density at radius 3 is 2.68 bits per heavy atom. The van der Waals surface area contributed by atoms with Crippen molar-refractivity contribution in [3.8, 4) is 0 Å². The van der Waals surface area contributed by atoms with Gasteiger partial charge in [0, 0.05) is 30.0 Å². The summed E-state index contributed by atoms with van der Waals surface area (Å²) in [6.45, 7) is 3.54. The number of nitrogens with one attached hydrogen (secondary N) is 2. The minimum atomic E-state index is -0.158. The molecule has 0 saturated heterocycles. The van der Waals surface area contributed by atoms with E-state index >= 15 is 0 Å². The number of carbonyl (C=O) groups excluding carboxylic acids is 1. The molecule has 0 unspecified atom stereocenters. The predicted molar refractivity (Wildman–Crippen MR) is 90.5 cm³/mol. The van der Waals surface area contributed by atoms with Crippen molar-refractivity contribution in [3.05, 3.63) is 58.9 Å². The minimum Gasteiger partial charge on any atom is -0.385 e. The number of pyridine rings is 1. The molecule has 1 heterocycles. The maximum absolute atomic E-state index is 12.1. The molecule has 0 aliphatic carbocycles. The molecule has 0 saturated carbocycles. The van der Waals surface area contributed by atoms with Crippen LogP contribution in [0.15, 0.2) is 42.6 Å². The topological polar surface area (TPSA) is 54.0 Å². The highest BCUT2D eigenvalue weighted by atomic mass is 35.5. The average Bonchev–Trinajstić information content (AvgIpc) is 2.55. The smallest absolute Gasteiger partial charge is 0.269 e. The lowest BCUT2D eigenvalue weighted by Crippen LogP contribution is -2.26. The van der Waals surface area contributed by atoms with Gasteiger partial charge in [-0.05, 0) is 42.7 Å². The summed E-state index contributed by atoms with van der Waals surface area (Å²) in [7, 11) is 0. The molecular formula is C17H20ClN3O. The van der Waals surface area contributed by atoms with Crippen LogP contribution in [0.5, 0.6) is 0 Å². The van der Waals surface area contributed by atoms with Gasteiger partial charge in [0.25, 0.3) is 5.91 Å². The van der Waals surface area contributed by atoms with Crippen molar-refractivity contribution in [1.82, 2.24) is 10.3 Å². The Hall–Kier alpha value is -2.07. The molecule has 0 bridgehead atoms. The third kappa shape index (κ3) is 5.04. The van der Waals surface area contributed by atoms with Crippen LogP contribution in [0.2, 0.25) is 5.02 Å². The quantitative estimate of drug-likeness (QED) is 0.821. The van der Waals surface area contributed by atoms with Crippen molar-refractivity contribution in [2.75, 3.05) is 18.4 Å². The Balaban J connectivity index is 1.85. The molecule has 1 aromatic heterocycles. The van der Waals surface area contributed by atoms with Gasteiger partial charge in [-0.3, -0.25) is 9.78 Å². The first-order valence-corrected chi connectivity index (χ1v) is 7.79. The molecule has 0 atom stereocenters. The van der Waals surface area contributed by atoms with Gasteiger partial charge in [0.05, 0.1) is 0 Å². The lowest BCUT2D eigenvalue weighted by molar-refractivity contribution is 0.0949. The van der Waals surface area contributed by atoms with Crippen molar-refractivity contribution in [3.63, 3.8) is 0 Å². The van der Waals surface area contributed by atoms with Crippen LogP contribution in [0.3, 0.4) is 0 Å². The summed E-state index contributed by atoms with van der Waals surface area (Å²) in [6.07, 6.45) is 3.44. The summed E-state index contributed by atoms with van der Waals surface area (Å²) in [5.41, 5.74) is 2.48. The van der Waals surface area contributed by atoms with E-state index < -0.39 is 0 Å². The first kappa shape index (κ1) is 16.3. The van der Waals surface area contributed by atoms with Crippen molar-refractivity contribution in [1.29, 1.82) is 0 Å². The molecule has 2 rings (SSSR count). The fourth-order valence-corrected chi connectivity index (χ4v) is 2.12. The predicted octanol–water partition coefficient (Wildman–Crippen LogP) is 3.53. The third-order valence-corrected chi connectivity index (χ3v) is 3.44. The summed E-state index contributed by atoms with van der Waals surface area (Å²) in [5, 5.41) is 6.84. The van der Waals surface area contributed by atoms with E-state index in [-0.39, 0.29) is 5.91 Å². The number of anilines is 1. The molecule has 22 heavy (non-hydrogen) atoms. The Morgan fingerprint density at radius 1 is 1.18 bits per heavy atom. The molecule has 1 amide bonds. The Kier molecular flexibility index (Phi) is 6.22. The van der Waals surface area contributed by atoms with E-state index in [0.717, 1.165) is 30.6 Å². The van der Waals surface area contributed by atoms with Gasteiger partial charge in [-0.25, -0.2) is 0 Å². The standard InChI is InChI=1S/C17H20ClN3O/c1-2-9-19-15-8-11-20-16(12-15)17(22)21-10-7-13-3-5-14(18)6-4-13/h3-6,8,11-12H,2,7,9-10H2,1H3,(H,19,20)(H,21,22). The number of halogens is 1. The first-order valence-electron chi connectivity index (χ1n) is 7.41. The molecule has 5 heteroatoms. The highest BCUT2D eigenvalue weighted by molar-refractivity contribution is 6.30. The second kappa shape index (κ2) is 8.39. The second-order valence-electron chi connectivity index (χ2n) is 4.99. The lowest BCUT2D eigenvalue weighted by atomic mass is 10.1. The first-order chi connectivity index (χ1) is 10.7. The van der Waals surface area contributed by atoms with E-state index in [9.17, 15) is 4.79 Å². The largest absolute Gasteiger partial charge is 0.385 e. The van der Waals surface area contributed by atoms with Crippen molar-refractivity contribution in [2.45, 2.75) is 19.8 Å². The van der Waals surface area contributed by atoms with Gasteiger partial charge >= 0.3 is 0 Å². The molecule has 0 aliphatic heterocycles. The Morgan fingerprint density at radius 2 is 1.95 bits per heavy atom. The van der Waals surface area contributed by atoms with Crippen LogP contribution >= 0.6 is 11.6 Å². The number of benzene rings is 1. The molecule has 2 N–H and O–H groups in total. The van der Waals surface area contributed by atoms with E-state index in [1.165, 1.54) is 0 Å². The number of rotatable bonds is 7. The molecule has 0 radical (unpaired) electrons. The normalized spacial score (nSPS) is 10.3. The van der Waals surface area contributed by atoms with Gasteiger partial charge < -0.3 is 10.6 Å². The highest BCUT2D eigenvalue weighted by Gasteiger charge is 2.07. The van der Waals surface area contributed by atoms with Crippen LogP contribution in [0, 0.1) is 0 Å². The molecular weight excluding hydrogens is 298 g/mol. The van der Waals surface area contributed by atoms with Gasteiger partial charge in [0.2, 0.25) is 0 Å². The fraction of sp³-hybridized carbons (Fsp3) is 0.294. The molecule has 0 spiro atoms. The molecule has 116 valence electrons. The fourth-order valence-electron chi connectivity index (χ4n) is 2.00. The monoisotopic (exact) mass is 317 g/mol. The van der Waals surface area contributed by atoms with E-state index in [1.807, 2.05) is 30.3 Å². The van der Waals surface area contributed by atoms with Crippen LogP contribution in [-0.2, 0) is 6.42 Å². The highest BCUT2D eigenvalue weighted by Crippen LogP contribution is 2.10. The van der Waals surface area contributed by atoms with E-state index in [2.05, 4.69) is 22.5 Å². The SMILES string of the molecule is CCCNc1ccnc(C(=O)NCCc2ccc(Cl)cc2)c1. The van der Waals surface area contributed by atoms with Crippen LogP contribution in [0.1, 0.15) is 29.4 Å². The number of aromatic nitrogens is 1. The van der Waals surface area contributed by atoms with Crippen LogP contribution in [0.25, 0.3) is 0 Å². The number of carbonyl (C=O) groups is 1. The Labute approximate surface area is 135 Å². The lowest BCUT2D eigenvalue weighted by Gasteiger charge is -2.08. The molecule has 4 nitrogen and oxygen atoms in total. The summed E-state index contributed by atoms with van der Waals surface area (Å²) in [4.78, 5) is 16.2. The van der Waals surface area contributed by atoms with E-state index in [0.29, 0.717) is 17.3 Å². The van der Waals surface area contributed by atoms with Crippen molar-refractivity contribution in [2.24, 2.45) is 0 Å². The number of hydrogen-bond donors (Lipinski definition) is 2. The van der Waals surface area contributed by atoms with Gasteiger partial charge in [0.1, 0.15) is 5.69 Å². The van der Waals surface area contributed by atoms with Crippen molar-refractivity contribution < 1.29 is 4.79 Å². The third-order valence-electron chi connectivity index (χ3n) is 3.18. The molecule has 2 aromatic rings. The van der Waals surface area contributed by atoms with Gasteiger partial charge in [-0.15, -0.1) is 0 Å². The average molecular weight is 318 g/mol. The van der Waals surface area contributed by atoms with Gasteiger partial charge in [-0.2, -0.15) is 0 Å². The molecule has 0 aliphatic rings. The van der Waals surface area contributed by atoms with E-state index in [4.69, 9.17) is 11.6 Å². The Bertz CT molecular complexity index is 614. The molecule has 0 fully saturated rings.